The highest BCUT2D eigenvalue weighted by atomic mass is 19.1. The number of anilines is 1. The van der Waals surface area contributed by atoms with Gasteiger partial charge in [-0.15, -0.1) is 0 Å². The number of ether oxygens (including phenoxy) is 1. The third-order valence-electron chi connectivity index (χ3n) is 5.64. The van der Waals surface area contributed by atoms with Gasteiger partial charge in [-0.3, -0.25) is 4.48 Å². The highest BCUT2D eigenvalue weighted by Crippen LogP contribution is 2.33. The van der Waals surface area contributed by atoms with Crippen LogP contribution in [0.4, 0.5) is 20.3 Å². The molecule has 0 spiro atoms. The molecular weight excluding hydrogens is 360 g/mol. The second-order valence-corrected chi connectivity index (χ2v) is 7.36. The lowest BCUT2D eigenvalue weighted by atomic mass is 10.1. The van der Waals surface area contributed by atoms with Crippen LogP contribution in [0.3, 0.4) is 0 Å². The molecule has 1 aromatic heterocycles. The van der Waals surface area contributed by atoms with Crippen molar-refractivity contribution in [3.05, 3.63) is 66.2 Å². The van der Waals surface area contributed by atoms with E-state index in [1.807, 2.05) is 24.3 Å². The number of nitrogens with zero attached hydrogens (tertiary/aromatic N) is 2. The zero-order valence-electron chi connectivity index (χ0n) is 16.1. The predicted molar refractivity (Wildman–Crippen MR) is 109 cm³/mol. The minimum Gasteiger partial charge on any atom is -0.495 e. The quantitative estimate of drug-likeness (QED) is 0.674. The van der Waals surface area contributed by atoms with Crippen molar-refractivity contribution in [1.29, 1.82) is 0 Å². The van der Waals surface area contributed by atoms with Crippen LogP contribution in [-0.2, 0) is 0 Å². The van der Waals surface area contributed by atoms with Crippen LogP contribution in [0.25, 0.3) is 11.3 Å². The molecule has 0 unspecified atom stereocenters. The first-order valence-electron chi connectivity index (χ1n) is 9.38. The van der Waals surface area contributed by atoms with Gasteiger partial charge in [-0.2, -0.15) is 0 Å². The van der Waals surface area contributed by atoms with Crippen LogP contribution in [-0.4, -0.2) is 45.3 Å². The number of quaternary nitrogens is 1. The molecule has 0 bridgehead atoms. The van der Waals surface area contributed by atoms with E-state index in [2.05, 4.69) is 23.0 Å². The van der Waals surface area contributed by atoms with Crippen LogP contribution in [0.2, 0.25) is 0 Å². The average Bonchev–Trinajstić information content (AvgIpc) is 3.19. The van der Waals surface area contributed by atoms with E-state index in [0.717, 1.165) is 43.4 Å². The number of halogens is 2. The number of para-hydroxylation sites is 2. The highest BCUT2D eigenvalue weighted by Gasteiger charge is 2.33. The van der Waals surface area contributed by atoms with E-state index in [4.69, 9.17) is 4.74 Å². The van der Waals surface area contributed by atoms with Crippen LogP contribution in [0.15, 0.2) is 54.6 Å². The van der Waals surface area contributed by atoms with Gasteiger partial charge in [0, 0.05) is 6.07 Å². The molecule has 4 nitrogen and oxygen atoms in total. The van der Waals surface area contributed by atoms with Crippen molar-refractivity contribution in [2.75, 3.05) is 45.2 Å². The van der Waals surface area contributed by atoms with Gasteiger partial charge in [0.1, 0.15) is 30.5 Å². The van der Waals surface area contributed by atoms with Crippen LogP contribution < -0.4 is 14.1 Å². The Labute approximate surface area is 163 Å². The van der Waals surface area contributed by atoms with Gasteiger partial charge in [0.2, 0.25) is 5.82 Å². The standard InChI is InChI=1S/C22H24F2N3O/c1-27(14-12-26(13-15-27)19-8-3-4-9-20(19)28-2)21-11-10-18(25-21)22-16(23)6-5-7-17(22)24/h3-11,25H,12-15H2,1-2H3/q+1. The molecule has 6 heteroatoms. The van der Waals surface area contributed by atoms with Gasteiger partial charge in [0.25, 0.3) is 0 Å². The maximum Gasteiger partial charge on any atom is 0.205 e. The van der Waals surface area contributed by atoms with E-state index in [-0.39, 0.29) is 5.56 Å². The lowest BCUT2D eigenvalue weighted by Gasteiger charge is -2.41. The molecule has 146 valence electrons. The average molecular weight is 384 g/mol. The fourth-order valence-corrected chi connectivity index (χ4v) is 3.88. The van der Waals surface area contributed by atoms with Gasteiger partial charge >= 0.3 is 0 Å². The van der Waals surface area contributed by atoms with E-state index in [1.54, 1.807) is 13.2 Å². The molecular formula is C22H24F2N3O+. The summed E-state index contributed by atoms with van der Waals surface area (Å²) < 4.78 is 34.4. The van der Waals surface area contributed by atoms with Crippen LogP contribution in [0.1, 0.15) is 0 Å². The van der Waals surface area contributed by atoms with Crippen LogP contribution in [0, 0.1) is 11.6 Å². The lowest BCUT2D eigenvalue weighted by molar-refractivity contribution is 0.301. The number of likely N-dealkylation sites (N-methyl/N-ethyl adjacent to an activating group) is 1. The maximum absolute atomic E-state index is 14.1. The van der Waals surface area contributed by atoms with Gasteiger partial charge in [0.05, 0.1) is 44.2 Å². The highest BCUT2D eigenvalue weighted by molar-refractivity contribution is 5.64. The molecule has 28 heavy (non-hydrogen) atoms. The second kappa shape index (κ2) is 7.28. The van der Waals surface area contributed by atoms with E-state index in [0.29, 0.717) is 10.2 Å². The first-order valence-corrected chi connectivity index (χ1v) is 9.38. The molecule has 1 aliphatic heterocycles. The molecule has 0 atom stereocenters. The van der Waals surface area contributed by atoms with Gasteiger partial charge in [-0.25, -0.2) is 8.78 Å². The largest absolute Gasteiger partial charge is 0.495 e. The molecule has 0 aliphatic carbocycles. The molecule has 1 fully saturated rings. The normalized spacial score (nSPS) is 16.2. The molecule has 1 N–H and O–H groups in total. The van der Waals surface area contributed by atoms with E-state index in [1.165, 1.54) is 18.2 Å². The number of aromatic nitrogens is 1. The summed E-state index contributed by atoms with van der Waals surface area (Å²) >= 11 is 0. The number of nitrogens with one attached hydrogen (secondary N) is 1. The lowest BCUT2D eigenvalue weighted by Crippen LogP contribution is -2.58. The molecule has 0 amide bonds. The van der Waals surface area contributed by atoms with Gasteiger partial charge in [-0.05, 0) is 30.3 Å². The van der Waals surface area contributed by atoms with Crippen LogP contribution >= 0.6 is 0 Å². The zero-order valence-corrected chi connectivity index (χ0v) is 16.1. The number of methoxy groups -OCH3 is 1. The van der Waals surface area contributed by atoms with Crippen molar-refractivity contribution in [2.45, 2.75) is 0 Å². The fourth-order valence-electron chi connectivity index (χ4n) is 3.88. The SMILES string of the molecule is COc1ccccc1N1CC[N+](C)(c2ccc(-c3c(F)cccc3F)[nH]2)CC1. The van der Waals surface area contributed by atoms with Crippen molar-refractivity contribution in [1.82, 2.24) is 9.47 Å². The summed E-state index contributed by atoms with van der Waals surface area (Å²) in [5, 5.41) is 0. The van der Waals surface area contributed by atoms with Crippen molar-refractivity contribution < 1.29 is 13.5 Å². The van der Waals surface area contributed by atoms with Gasteiger partial charge < -0.3 is 14.6 Å². The predicted octanol–water partition coefficient (Wildman–Crippen LogP) is 4.43. The van der Waals surface area contributed by atoms with E-state index in [9.17, 15) is 8.78 Å². The Morgan fingerprint density at radius 2 is 1.61 bits per heavy atom. The Bertz CT molecular complexity index is 957. The third kappa shape index (κ3) is 3.24. The smallest absolute Gasteiger partial charge is 0.205 e. The Kier molecular flexibility index (Phi) is 4.81. The van der Waals surface area contributed by atoms with Gasteiger partial charge in [0.15, 0.2) is 0 Å². The molecule has 1 saturated heterocycles. The molecule has 0 radical (unpaired) electrons. The Morgan fingerprint density at radius 3 is 2.29 bits per heavy atom. The molecule has 3 aromatic rings. The number of aromatic amines is 1. The minimum atomic E-state index is -0.558. The summed E-state index contributed by atoms with van der Waals surface area (Å²) in [6.07, 6.45) is 0. The fraction of sp³-hybridized carbons (Fsp3) is 0.273. The second-order valence-electron chi connectivity index (χ2n) is 7.36. The number of hydrogen-bond acceptors (Lipinski definition) is 2. The van der Waals surface area contributed by atoms with Crippen molar-refractivity contribution >= 4 is 11.5 Å². The van der Waals surface area contributed by atoms with E-state index >= 15 is 0 Å². The number of benzene rings is 2. The maximum atomic E-state index is 14.1. The third-order valence-corrected chi connectivity index (χ3v) is 5.64. The number of piperazine rings is 1. The molecule has 4 rings (SSSR count). The Balaban J connectivity index is 1.55. The number of hydrogen-bond donors (Lipinski definition) is 1. The minimum absolute atomic E-state index is 0.00647. The summed E-state index contributed by atoms with van der Waals surface area (Å²) in [5.41, 5.74) is 1.56. The number of rotatable bonds is 4. The molecule has 2 aromatic carbocycles. The topological polar surface area (TPSA) is 28.3 Å². The summed E-state index contributed by atoms with van der Waals surface area (Å²) in [6, 6.07) is 15.6. The van der Waals surface area contributed by atoms with Crippen molar-refractivity contribution in [3.8, 4) is 17.0 Å². The molecule has 1 aliphatic rings. The van der Waals surface area contributed by atoms with Gasteiger partial charge in [-0.1, -0.05) is 18.2 Å². The number of H-pyrrole nitrogens is 1. The Hall–Kier alpha value is -2.86. The monoisotopic (exact) mass is 384 g/mol. The summed E-state index contributed by atoms with van der Waals surface area (Å²) in [6.45, 7) is 3.47. The zero-order chi connectivity index (χ0) is 19.7. The summed E-state index contributed by atoms with van der Waals surface area (Å²) in [4.78, 5) is 5.57. The van der Waals surface area contributed by atoms with Crippen molar-refractivity contribution in [3.63, 3.8) is 0 Å². The summed E-state index contributed by atoms with van der Waals surface area (Å²) in [5.74, 6) is 0.710. The molecule has 0 saturated carbocycles. The van der Waals surface area contributed by atoms with Crippen LogP contribution in [0.5, 0.6) is 5.75 Å². The van der Waals surface area contributed by atoms with Crippen molar-refractivity contribution in [2.24, 2.45) is 0 Å². The Morgan fingerprint density at radius 1 is 0.929 bits per heavy atom. The molecule has 2 heterocycles. The summed E-state index contributed by atoms with van der Waals surface area (Å²) in [7, 11) is 3.83. The first kappa shape index (κ1) is 18.5. The first-order chi connectivity index (χ1) is 13.5. The van der Waals surface area contributed by atoms with E-state index < -0.39 is 11.6 Å².